The van der Waals surface area contributed by atoms with E-state index in [4.69, 9.17) is 11.6 Å². The highest BCUT2D eigenvalue weighted by Gasteiger charge is 2.22. The van der Waals surface area contributed by atoms with Gasteiger partial charge in [-0.2, -0.15) is 0 Å². The van der Waals surface area contributed by atoms with Crippen molar-refractivity contribution in [2.45, 2.75) is 0 Å². The molecule has 116 valence electrons. The van der Waals surface area contributed by atoms with Gasteiger partial charge in [0, 0.05) is 39.3 Å². The molecular formula is C15H22ClN3O2. The molecule has 0 atom stereocenters. The Hall–Kier alpha value is -1.30. The van der Waals surface area contributed by atoms with E-state index in [0.717, 1.165) is 45.0 Å². The number of rotatable bonds is 5. The fourth-order valence-corrected chi connectivity index (χ4v) is 2.79. The van der Waals surface area contributed by atoms with Gasteiger partial charge < -0.3 is 14.9 Å². The van der Waals surface area contributed by atoms with Crippen LogP contribution in [-0.2, 0) is 0 Å². The summed E-state index contributed by atoms with van der Waals surface area (Å²) in [6.45, 7) is 5.63. The summed E-state index contributed by atoms with van der Waals surface area (Å²) in [7, 11) is 4.14. The van der Waals surface area contributed by atoms with Crippen molar-refractivity contribution in [2.24, 2.45) is 0 Å². The van der Waals surface area contributed by atoms with E-state index in [9.17, 15) is 9.90 Å². The normalized spacial score (nSPS) is 16.5. The molecular weight excluding hydrogens is 290 g/mol. The van der Waals surface area contributed by atoms with Crippen LogP contribution in [0.3, 0.4) is 0 Å². The molecule has 1 fully saturated rings. The van der Waals surface area contributed by atoms with E-state index in [1.807, 2.05) is 12.1 Å². The smallest absolute Gasteiger partial charge is 0.339 e. The van der Waals surface area contributed by atoms with E-state index in [0.29, 0.717) is 5.02 Å². The topological polar surface area (TPSA) is 47.0 Å². The Morgan fingerprint density at radius 1 is 1.29 bits per heavy atom. The number of likely N-dealkylation sites (N-methyl/N-ethyl adjacent to an activating group) is 1. The van der Waals surface area contributed by atoms with Crippen molar-refractivity contribution in [3.05, 3.63) is 28.8 Å². The second kappa shape index (κ2) is 7.11. The standard InChI is InChI=1S/C15H22ClN3O2/c1-17(2)6-7-18-8-10-19(11-9-18)13-5-3-4-12(16)14(13)15(20)21/h3-5H,6-11H2,1-2H3,(H,20,21). The van der Waals surface area contributed by atoms with Gasteiger partial charge >= 0.3 is 5.97 Å². The van der Waals surface area contributed by atoms with Crippen LogP contribution in [0.5, 0.6) is 0 Å². The zero-order valence-electron chi connectivity index (χ0n) is 12.5. The highest BCUT2D eigenvalue weighted by Crippen LogP contribution is 2.28. The van der Waals surface area contributed by atoms with Crippen LogP contribution < -0.4 is 4.90 Å². The summed E-state index contributed by atoms with van der Waals surface area (Å²) in [5, 5.41) is 9.65. The van der Waals surface area contributed by atoms with E-state index in [-0.39, 0.29) is 5.56 Å². The molecule has 1 aliphatic heterocycles. The molecule has 1 aromatic rings. The summed E-state index contributed by atoms with van der Waals surface area (Å²) >= 11 is 6.03. The highest BCUT2D eigenvalue weighted by molar-refractivity contribution is 6.34. The van der Waals surface area contributed by atoms with Gasteiger partial charge in [0.25, 0.3) is 0 Å². The zero-order chi connectivity index (χ0) is 15.4. The van der Waals surface area contributed by atoms with Crippen molar-refractivity contribution >= 4 is 23.3 Å². The second-order valence-electron chi connectivity index (χ2n) is 5.57. The molecule has 1 N–H and O–H groups in total. The minimum atomic E-state index is -0.967. The minimum Gasteiger partial charge on any atom is -0.478 e. The molecule has 0 saturated carbocycles. The third-order valence-electron chi connectivity index (χ3n) is 3.78. The van der Waals surface area contributed by atoms with Gasteiger partial charge in [0.2, 0.25) is 0 Å². The lowest BCUT2D eigenvalue weighted by molar-refractivity contribution is 0.0697. The number of carboxylic acid groups (broad SMARTS) is 1. The Kier molecular flexibility index (Phi) is 5.45. The summed E-state index contributed by atoms with van der Waals surface area (Å²) < 4.78 is 0. The van der Waals surface area contributed by atoms with Crippen molar-refractivity contribution in [1.82, 2.24) is 9.80 Å². The first-order chi connectivity index (χ1) is 9.99. The van der Waals surface area contributed by atoms with Crippen molar-refractivity contribution in [2.75, 3.05) is 58.3 Å². The fourth-order valence-electron chi connectivity index (χ4n) is 2.54. The van der Waals surface area contributed by atoms with Gasteiger partial charge in [0.05, 0.1) is 10.7 Å². The van der Waals surface area contributed by atoms with E-state index < -0.39 is 5.97 Å². The second-order valence-corrected chi connectivity index (χ2v) is 5.98. The first-order valence-corrected chi connectivity index (χ1v) is 7.50. The predicted molar refractivity (Wildman–Crippen MR) is 85.6 cm³/mol. The first-order valence-electron chi connectivity index (χ1n) is 7.13. The molecule has 2 rings (SSSR count). The maximum atomic E-state index is 11.4. The zero-order valence-corrected chi connectivity index (χ0v) is 13.3. The molecule has 1 heterocycles. The Morgan fingerprint density at radius 3 is 2.52 bits per heavy atom. The molecule has 0 unspecified atom stereocenters. The predicted octanol–water partition coefficient (Wildman–Crippen LogP) is 1.72. The summed E-state index contributed by atoms with van der Waals surface area (Å²) in [4.78, 5) is 18.1. The van der Waals surface area contributed by atoms with Crippen LogP contribution >= 0.6 is 11.6 Å². The third kappa shape index (κ3) is 4.09. The van der Waals surface area contributed by atoms with E-state index >= 15 is 0 Å². The van der Waals surface area contributed by atoms with E-state index in [1.165, 1.54) is 0 Å². The first kappa shape index (κ1) is 16.1. The molecule has 6 heteroatoms. The van der Waals surface area contributed by atoms with Crippen molar-refractivity contribution in [3.8, 4) is 0 Å². The summed E-state index contributed by atoms with van der Waals surface area (Å²) in [5.41, 5.74) is 0.933. The fraction of sp³-hybridized carbons (Fsp3) is 0.533. The van der Waals surface area contributed by atoms with Crippen LogP contribution in [0, 0.1) is 0 Å². The Labute approximate surface area is 130 Å². The van der Waals surface area contributed by atoms with Crippen LogP contribution in [0.2, 0.25) is 5.02 Å². The van der Waals surface area contributed by atoms with Gasteiger partial charge in [-0.05, 0) is 26.2 Å². The third-order valence-corrected chi connectivity index (χ3v) is 4.10. The van der Waals surface area contributed by atoms with Gasteiger partial charge in [-0.25, -0.2) is 4.79 Å². The van der Waals surface area contributed by atoms with Crippen LogP contribution in [0.4, 0.5) is 5.69 Å². The van der Waals surface area contributed by atoms with Gasteiger partial charge in [-0.15, -0.1) is 0 Å². The molecule has 0 radical (unpaired) electrons. The molecule has 0 aliphatic carbocycles. The number of aromatic carboxylic acids is 1. The molecule has 5 nitrogen and oxygen atoms in total. The Balaban J connectivity index is 2.03. The molecule has 0 amide bonds. The van der Waals surface area contributed by atoms with Crippen LogP contribution in [0.1, 0.15) is 10.4 Å². The average molecular weight is 312 g/mol. The largest absolute Gasteiger partial charge is 0.478 e. The Morgan fingerprint density at radius 2 is 1.95 bits per heavy atom. The molecule has 1 aromatic carbocycles. The average Bonchev–Trinajstić information content (AvgIpc) is 2.45. The van der Waals surface area contributed by atoms with Crippen molar-refractivity contribution in [3.63, 3.8) is 0 Å². The van der Waals surface area contributed by atoms with Crippen molar-refractivity contribution < 1.29 is 9.90 Å². The maximum Gasteiger partial charge on any atom is 0.339 e. The van der Waals surface area contributed by atoms with E-state index in [2.05, 4.69) is 28.8 Å². The lowest BCUT2D eigenvalue weighted by Gasteiger charge is -2.37. The van der Waals surface area contributed by atoms with Crippen LogP contribution in [0.15, 0.2) is 18.2 Å². The minimum absolute atomic E-state index is 0.209. The quantitative estimate of drug-likeness (QED) is 0.897. The highest BCUT2D eigenvalue weighted by atomic mass is 35.5. The molecule has 1 saturated heterocycles. The van der Waals surface area contributed by atoms with Crippen LogP contribution in [-0.4, -0.2) is 74.2 Å². The number of carbonyl (C=O) groups is 1. The molecule has 1 aliphatic rings. The van der Waals surface area contributed by atoms with E-state index in [1.54, 1.807) is 6.07 Å². The van der Waals surface area contributed by atoms with Crippen LogP contribution in [0.25, 0.3) is 0 Å². The monoisotopic (exact) mass is 311 g/mol. The lowest BCUT2D eigenvalue weighted by atomic mass is 10.1. The molecule has 0 bridgehead atoms. The number of piperazine rings is 1. The summed E-state index contributed by atoms with van der Waals surface area (Å²) in [6.07, 6.45) is 0. The number of benzene rings is 1. The van der Waals surface area contributed by atoms with Gasteiger partial charge in [0.15, 0.2) is 0 Å². The van der Waals surface area contributed by atoms with Gasteiger partial charge in [-0.1, -0.05) is 17.7 Å². The molecule has 0 spiro atoms. The lowest BCUT2D eigenvalue weighted by Crippen LogP contribution is -2.48. The summed E-state index contributed by atoms with van der Waals surface area (Å²) in [6, 6.07) is 5.27. The number of carboxylic acids is 1. The number of nitrogens with zero attached hydrogens (tertiary/aromatic N) is 3. The molecule has 21 heavy (non-hydrogen) atoms. The number of hydrogen-bond acceptors (Lipinski definition) is 4. The number of anilines is 1. The SMILES string of the molecule is CN(C)CCN1CCN(c2cccc(Cl)c2C(=O)O)CC1. The van der Waals surface area contributed by atoms with Crippen molar-refractivity contribution in [1.29, 1.82) is 0 Å². The number of halogens is 1. The number of hydrogen-bond donors (Lipinski definition) is 1. The Bertz CT molecular complexity index is 500. The molecule has 0 aromatic heterocycles. The van der Waals surface area contributed by atoms with Gasteiger partial charge in [-0.3, -0.25) is 4.90 Å². The maximum absolute atomic E-state index is 11.4. The van der Waals surface area contributed by atoms with Gasteiger partial charge in [0.1, 0.15) is 5.56 Å². The summed E-state index contributed by atoms with van der Waals surface area (Å²) in [5.74, 6) is -0.967.